The molecule has 0 aromatic rings. The predicted molar refractivity (Wildman–Crippen MR) is 86.1 cm³/mol. The van der Waals surface area contributed by atoms with E-state index in [-0.39, 0.29) is 0 Å². The van der Waals surface area contributed by atoms with Crippen molar-refractivity contribution in [2.75, 3.05) is 32.7 Å². The molecule has 3 heteroatoms. The van der Waals surface area contributed by atoms with Gasteiger partial charge in [0.2, 0.25) is 5.91 Å². The van der Waals surface area contributed by atoms with Crippen LogP contribution in [0, 0.1) is 5.92 Å². The Morgan fingerprint density at radius 2 is 1.95 bits per heavy atom. The molecule has 2 heterocycles. The zero-order valence-electron chi connectivity index (χ0n) is 13.4. The van der Waals surface area contributed by atoms with Gasteiger partial charge in [-0.3, -0.25) is 4.79 Å². The molecule has 21 heavy (non-hydrogen) atoms. The van der Waals surface area contributed by atoms with Gasteiger partial charge in [0, 0.05) is 26.1 Å². The van der Waals surface area contributed by atoms with Crippen molar-refractivity contribution in [3.05, 3.63) is 11.6 Å². The fourth-order valence-corrected chi connectivity index (χ4v) is 4.09. The minimum Gasteiger partial charge on any atom is -0.342 e. The summed E-state index contributed by atoms with van der Waals surface area (Å²) in [5.41, 5.74) is 1.39. The molecule has 3 rings (SSSR count). The number of allylic oxidation sites excluding steroid dienone is 1. The van der Waals surface area contributed by atoms with Gasteiger partial charge in [-0.05, 0) is 64.0 Å². The molecule has 1 amide bonds. The van der Waals surface area contributed by atoms with E-state index in [2.05, 4.69) is 15.9 Å². The van der Waals surface area contributed by atoms with E-state index in [9.17, 15) is 4.79 Å². The molecule has 118 valence electrons. The van der Waals surface area contributed by atoms with E-state index in [1.807, 2.05) is 0 Å². The van der Waals surface area contributed by atoms with Gasteiger partial charge in [-0.15, -0.1) is 0 Å². The number of nitrogens with zero attached hydrogens (tertiary/aromatic N) is 2. The van der Waals surface area contributed by atoms with Crippen LogP contribution in [0.2, 0.25) is 0 Å². The Morgan fingerprint density at radius 1 is 1.10 bits per heavy atom. The van der Waals surface area contributed by atoms with E-state index >= 15 is 0 Å². The first-order chi connectivity index (χ1) is 10.3. The number of carbonyl (C=O) groups is 1. The lowest BCUT2D eigenvalue weighted by molar-refractivity contribution is -0.129. The molecule has 0 saturated carbocycles. The van der Waals surface area contributed by atoms with Gasteiger partial charge in [-0.1, -0.05) is 18.1 Å². The van der Waals surface area contributed by atoms with Crippen LogP contribution in [0.1, 0.15) is 57.8 Å². The molecule has 2 fully saturated rings. The van der Waals surface area contributed by atoms with Crippen molar-refractivity contribution in [2.24, 2.45) is 5.92 Å². The summed E-state index contributed by atoms with van der Waals surface area (Å²) < 4.78 is 0. The van der Waals surface area contributed by atoms with Crippen molar-refractivity contribution in [1.29, 1.82) is 0 Å². The first-order valence-electron chi connectivity index (χ1n) is 8.99. The maximum atomic E-state index is 12.4. The molecule has 0 aromatic carbocycles. The molecule has 2 saturated heterocycles. The average Bonchev–Trinajstić information content (AvgIpc) is 2.98. The Hall–Kier alpha value is -0.830. The van der Waals surface area contributed by atoms with Gasteiger partial charge >= 0.3 is 0 Å². The van der Waals surface area contributed by atoms with Crippen LogP contribution in [0.3, 0.4) is 0 Å². The van der Waals surface area contributed by atoms with Gasteiger partial charge in [0.15, 0.2) is 0 Å². The van der Waals surface area contributed by atoms with Crippen LogP contribution < -0.4 is 0 Å². The van der Waals surface area contributed by atoms with Crippen LogP contribution >= 0.6 is 0 Å². The number of rotatable bonds is 4. The zero-order chi connectivity index (χ0) is 14.5. The average molecular weight is 290 g/mol. The van der Waals surface area contributed by atoms with Crippen LogP contribution in [-0.4, -0.2) is 48.4 Å². The Kier molecular flexibility index (Phi) is 5.34. The minimum atomic E-state index is 0.379. The monoisotopic (exact) mass is 290 g/mol. The smallest absolute Gasteiger partial charge is 0.226 e. The van der Waals surface area contributed by atoms with Crippen molar-refractivity contribution in [3.63, 3.8) is 0 Å². The largest absolute Gasteiger partial charge is 0.342 e. The summed E-state index contributed by atoms with van der Waals surface area (Å²) in [6, 6.07) is 0. The lowest BCUT2D eigenvalue weighted by Crippen LogP contribution is -2.36. The van der Waals surface area contributed by atoms with Gasteiger partial charge in [0.25, 0.3) is 0 Å². The third-order valence-corrected chi connectivity index (χ3v) is 5.37. The van der Waals surface area contributed by atoms with Crippen molar-refractivity contribution in [1.82, 2.24) is 9.80 Å². The molecule has 1 aliphatic carbocycles. The van der Waals surface area contributed by atoms with Crippen LogP contribution in [0.25, 0.3) is 0 Å². The first kappa shape index (κ1) is 15.1. The number of amides is 1. The molecule has 0 unspecified atom stereocenters. The standard InChI is InChI=1S/C18H30N2O/c21-18(13-16-7-3-1-4-8-16)20-12-9-17(15-20)14-19-10-5-2-6-11-19/h7,17H,1-6,8-15H2/t17-/m0/s1. The summed E-state index contributed by atoms with van der Waals surface area (Å²) >= 11 is 0. The number of hydrogen-bond donors (Lipinski definition) is 0. The quantitative estimate of drug-likeness (QED) is 0.742. The SMILES string of the molecule is O=C(CC1=CCCCC1)N1CC[C@@H](CN2CCCCC2)C1. The zero-order valence-corrected chi connectivity index (χ0v) is 13.4. The molecular formula is C18H30N2O. The molecule has 3 nitrogen and oxygen atoms in total. The van der Waals surface area contributed by atoms with Crippen LogP contribution in [0.5, 0.6) is 0 Å². The summed E-state index contributed by atoms with van der Waals surface area (Å²) in [5.74, 6) is 1.09. The normalized spacial score (nSPS) is 27.7. The Morgan fingerprint density at radius 3 is 2.71 bits per heavy atom. The highest BCUT2D eigenvalue weighted by Crippen LogP contribution is 2.24. The van der Waals surface area contributed by atoms with Crippen molar-refractivity contribution in [3.8, 4) is 0 Å². The number of hydrogen-bond acceptors (Lipinski definition) is 2. The third kappa shape index (κ3) is 4.32. The lowest BCUT2D eigenvalue weighted by Gasteiger charge is -2.29. The van der Waals surface area contributed by atoms with E-state index in [0.717, 1.165) is 19.5 Å². The van der Waals surface area contributed by atoms with E-state index in [1.54, 1.807) is 0 Å². The minimum absolute atomic E-state index is 0.379. The van der Waals surface area contributed by atoms with Gasteiger partial charge in [-0.2, -0.15) is 0 Å². The Bertz CT molecular complexity index is 385. The third-order valence-electron chi connectivity index (χ3n) is 5.37. The maximum absolute atomic E-state index is 12.4. The summed E-state index contributed by atoms with van der Waals surface area (Å²) in [7, 11) is 0. The highest BCUT2D eigenvalue weighted by molar-refractivity contribution is 5.79. The highest BCUT2D eigenvalue weighted by Gasteiger charge is 2.28. The topological polar surface area (TPSA) is 23.6 Å². The first-order valence-corrected chi connectivity index (χ1v) is 8.99. The van der Waals surface area contributed by atoms with Crippen molar-refractivity contribution >= 4 is 5.91 Å². The Balaban J connectivity index is 1.42. The Labute approximate surface area is 129 Å². The molecule has 0 radical (unpaired) electrons. The van der Waals surface area contributed by atoms with Gasteiger partial charge in [-0.25, -0.2) is 0 Å². The molecule has 2 aliphatic heterocycles. The van der Waals surface area contributed by atoms with E-state index in [4.69, 9.17) is 0 Å². The summed E-state index contributed by atoms with van der Waals surface area (Å²) in [5, 5.41) is 0. The lowest BCUT2D eigenvalue weighted by atomic mass is 9.97. The molecule has 0 bridgehead atoms. The second-order valence-electron chi connectivity index (χ2n) is 7.14. The second kappa shape index (κ2) is 7.44. The fourth-order valence-electron chi connectivity index (χ4n) is 4.09. The molecule has 0 N–H and O–H groups in total. The molecular weight excluding hydrogens is 260 g/mol. The summed E-state index contributed by atoms with van der Waals surface area (Å²) in [6.45, 7) is 5.76. The van der Waals surface area contributed by atoms with E-state index in [0.29, 0.717) is 18.2 Å². The summed E-state index contributed by atoms with van der Waals surface area (Å²) in [6.07, 6.45) is 13.3. The number of piperidine rings is 1. The van der Waals surface area contributed by atoms with Gasteiger partial charge < -0.3 is 9.80 Å². The van der Waals surface area contributed by atoms with E-state index in [1.165, 1.54) is 70.2 Å². The van der Waals surface area contributed by atoms with Crippen LogP contribution in [0.15, 0.2) is 11.6 Å². The van der Waals surface area contributed by atoms with Gasteiger partial charge in [0.1, 0.15) is 0 Å². The molecule has 0 aromatic heterocycles. The molecule has 1 atom stereocenters. The van der Waals surface area contributed by atoms with Crippen molar-refractivity contribution in [2.45, 2.75) is 57.8 Å². The molecule has 0 spiro atoms. The highest BCUT2D eigenvalue weighted by atomic mass is 16.2. The number of likely N-dealkylation sites (tertiary alicyclic amines) is 2. The van der Waals surface area contributed by atoms with Gasteiger partial charge in [0.05, 0.1) is 0 Å². The second-order valence-corrected chi connectivity index (χ2v) is 7.14. The van der Waals surface area contributed by atoms with Crippen molar-refractivity contribution < 1.29 is 4.79 Å². The fraction of sp³-hybridized carbons (Fsp3) is 0.833. The van der Waals surface area contributed by atoms with E-state index < -0.39 is 0 Å². The van der Waals surface area contributed by atoms with Crippen LogP contribution in [-0.2, 0) is 4.79 Å². The molecule has 3 aliphatic rings. The number of carbonyl (C=O) groups excluding carboxylic acids is 1. The summed E-state index contributed by atoms with van der Waals surface area (Å²) in [4.78, 5) is 17.2. The van der Waals surface area contributed by atoms with Crippen LogP contribution in [0.4, 0.5) is 0 Å². The maximum Gasteiger partial charge on any atom is 0.226 e. The predicted octanol–water partition coefficient (Wildman–Crippen LogP) is 3.21.